The molecule has 0 aromatic carbocycles. The van der Waals surface area contributed by atoms with Gasteiger partial charge < -0.3 is 19.3 Å². The number of rotatable bonds is 4. The highest BCUT2D eigenvalue weighted by atomic mass is 32.1. The third-order valence-corrected chi connectivity index (χ3v) is 4.04. The van der Waals surface area contributed by atoms with E-state index in [0.29, 0.717) is 27.0 Å². The number of carbonyl (C=O) groups is 1. The number of β-amino-alcohol motifs (C(OH)–C–C–N with tert-alkyl or cyclic N) is 1. The van der Waals surface area contributed by atoms with Crippen molar-refractivity contribution in [2.75, 3.05) is 6.54 Å². The smallest absolute Gasteiger partial charge is 0.307 e. The number of fused-ring (bicyclic) bond motifs is 1. The van der Waals surface area contributed by atoms with Crippen LogP contribution in [0, 0.1) is 0 Å². The van der Waals surface area contributed by atoms with Crippen molar-refractivity contribution in [2.24, 2.45) is 0 Å². The maximum atomic E-state index is 11.8. The second-order valence-corrected chi connectivity index (χ2v) is 5.20. The summed E-state index contributed by atoms with van der Waals surface area (Å²) in [6.45, 7) is 3.69. The maximum Gasteiger partial charge on any atom is 0.307 e. The molecule has 0 fully saturated rings. The normalized spacial score (nSPS) is 20.0. The van der Waals surface area contributed by atoms with Gasteiger partial charge in [0.25, 0.3) is 7.41 Å². The molecule has 0 radical (unpaired) electrons. The van der Waals surface area contributed by atoms with Crippen LogP contribution in [0.25, 0.3) is 0 Å². The summed E-state index contributed by atoms with van der Waals surface area (Å²) in [4.78, 5) is 24.9. The summed E-state index contributed by atoms with van der Waals surface area (Å²) in [5.41, 5.74) is 0.877. The van der Waals surface area contributed by atoms with Gasteiger partial charge in [0, 0.05) is 19.6 Å². The van der Waals surface area contributed by atoms with Gasteiger partial charge in [0.2, 0.25) is 0 Å². The molecule has 0 saturated heterocycles. The predicted octanol–water partition coefficient (Wildman–Crippen LogP) is -0.290. The van der Waals surface area contributed by atoms with Gasteiger partial charge in [0.1, 0.15) is 6.10 Å². The number of aliphatic hydroxyl groups excluding tert-OH is 1. The highest BCUT2D eigenvalue weighted by molar-refractivity contribution is 7.09. The quantitative estimate of drug-likeness (QED) is 0.592. The van der Waals surface area contributed by atoms with Gasteiger partial charge >= 0.3 is 4.87 Å². The second-order valence-electron chi connectivity index (χ2n) is 4.21. The molecule has 0 spiro atoms. The van der Waals surface area contributed by atoms with Crippen LogP contribution in [0.5, 0.6) is 0 Å². The van der Waals surface area contributed by atoms with Crippen molar-refractivity contribution in [3.63, 3.8) is 0 Å². The molecule has 1 N–H and O–H groups in total. The van der Waals surface area contributed by atoms with Crippen LogP contribution >= 0.6 is 11.3 Å². The number of hydrogen-bond donors (Lipinski definition) is 1. The Morgan fingerprint density at radius 1 is 1.65 bits per heavy atom. The van der Waals surface area contributed by atoms with Crippen molar-refractivity contribution < 1.29 is 9.90 Å². The Morgan fingerprint density at radius 3 is 3.06 bits per heavy atom. The number of aromatic nitrogens is 1. The van der Waals surface area contributed by atoms with Gasteiger partial charge in [-0.2, -0.15) is 0 Å². The van der Waals surface area contributed by atoms with E-state index < -0.39 is 6.10 Å². The number of aliphatic hydroxyl groups is 1. The zero-order valence-corrected chi connectivity index (χ0v) is 10.6. The molecule has 7 heteroatoms. The van der Waals surface area contributed by atoms with Crippen molar-refractivity contribution in [1.82, 2.24) is 9.38 Å². The SMILES string of the molecule is CCCn1c2c(sc1=O)C(O)CN(BC=O)C2. The zero-order chi connectivity index (χ0) is 12.4. The molecule has 0 saturated carbocycles. The molecule has 2 heterocycles. The van der Waals surface area contributed by atoms with Gasteiger partial charge in [0.15, 0.2) is 0 Å². The van der Waals surface area contributed by atoms with E-state index in [4.69, 9.17) is 0 Å². The number of carbonyl (C=O) groups excluding carboxylic acids is 1. The minimum atomic E-state index is -0.644. The molecule has 1 aliphatic rings. The first-order valence-electron chi connectivity index (χ1n) is 5.73. The summed E-state index contributed by atoms with van der Waals surface area (Å²) in [6.07, 6.45) is 1.06. The van der Waals surface area contributed by atoms with E-state index in [1.165, 1.54) is 0 Å². The fourth-order valence-electron chi connectivity index (χ4n) is 2.17. The molecular weight excluding hydrogens is 239 g/mol. The van der Waals surface area contributed by atoms with Gasteiger partial charge in [-0.3, -0.25) is 4.79 Å². The Bertz CT molecular complexity index is 471. The number of hydrogen-bond acceptors (Lipinski definition) is 5. The lowest BCUT2D eigenvalue weighted by molar-refractivity contribution is 0.133. The molecule has 0 amide bonds. The van der Waals surface area contributed by atoms with Crippen LogP contribution in [0.3, 0.4) is 0 Å². The first kappa shape index (κ1) is 12.5. The molecular formula is C10H15BN2O3S. The van der Waals surface area contributed by atoms with Crippen molar-refractivity contribution in [2.45, 2.75) is 32.5 Å². The molecule has 1 aromatic heterocycles. The van der Waals surface area contributed by atoms with Crippen molar-refractivity contribution in [3.8, 4) is 0 Å². The van der Waals surface area contributed by atoms with Gasteiger partial charge in [-0.05, 0) is 6.42 Å². The van der Waals surface area contributed by atoms with Crippen LogP contribution < -0.4 is 4.87 Å². The third kappa shape index (κ3) is 2.36. The minimum Gasteiger partial charge on any atom is -0.386 e. The van der Waals surface area contributed by atoms with Gasteiger partial charge in [-0.15, -0.1) is 0 Å². The number of nitrogens with zero attached hydrogens (tertiary/aromatic N) is 2. The van der Waals surface area contributed by atoms with E-state index in [-0.39, 0.29) is 4.87 Å². The molecule has 5 nitrogen and oxygen atoms in total. The maximum absolute atomic E-state index is 11.8. The Morgan fingerprint density at radius 2 is 2.41 bits per heavy atom. The second kappa shape index (κ2) is 5.16. The topological polar surface area (TPSA) is 62.5 Å². The Labute approximate surface area is 104 Å². The van der Waals surface area contributed by atoms with Crippen LogP contribution in [0.1, 0.15) is 30.0 Å². The van der Waals surface area contributed by atoms with E-state index in [2.05, 4.69) is 0 Å². The fourth-order valence-corrected chi connectivity index (χ4v) is 3.18. The molecule has 92 valence electrons. The average molecular weight is 254 g/mol. The van der Waals surface area contributed by atoms with Crippen molar-refractivity contribution in [1.29, 1.82) is 0 Å². The molecule has 0 aliphatic carbocycles. The molecule has 0 bridgehead atoms. The van der Waals surface area contributed by atoms with E-state index in [1.54, 1.807) is 4.57 Å². The van der Waals surface area contributed by atoms with Crippen LogP contribution in [-0.4, -0.2) is 34.6 Å². The molecule has 1 atom stereocenters. The average Bonchev–Trinajstić information content (AvgIpc) is 2.59. The number of thiazole rings is 1. The van der Waals surface area contributed by atoms with Gasteiger partial charge in [-0.25, -0.2) is 0 Å². The Kier molecular flexibility index (Phi) is 3.81. The van der Waals surface area contributed by atoms with E-state index in [0.717, 1.165) is 34.5 Å². The molecule has 17 heavy (non-hydrogen) atoms. The standard InChI is InChI=1S/C10H15BN2O3S/c1-2-3-13-7-4-12(11-6-14)5-8(15)9(7)17-10(13)16/h6,8,11,15H,2-5H2,1H3. The summed E-state index contributed by atoms with van der Waals surface area (Å²) in [7, 11) is 0.298. The summed E-state index contributed by atoms with van der Waals surface area (Å²) >= 11 is 1.13. The van der Waals surface area contributed by atoms with E-state index in [9.17, 15) is 14.7 Å². The largest absolute Gasteiger partial charge is 0.386 e. The lowest BCUT2D eigenvalue weighted by Gasteiger charge is -2.29. The van der Waals surface area contributed by atoms with E-state index >= 15 is 0 Å². The first-order chi connectivity index (χ1) is 8.17. The van der Waals surface area contributed by atoms with Crippen LogP contribution in [0.4, 0.5) is 0 Å². The minimum absolute atomic E-state index is 0.0103. The van der Waals surface area contributed by atoms with Gasteiger partial charge in [-0.1, -0.05) is 18.3 Å². The van der Waals surface area contributed by atoms with Gasteiger partial charge in [0.05, 0.1) is 16.8 Å². The highest BCUT2D eigenvalue weighted by Crippen LogP contribution is 2.28. The summed E-state index contributed by atoms with van der Waals surface area (Å²) in [6, 6.07) is 0. The predicted molar refractivity (Wildman–Crippen MR) is 68.1 cm³/mol. The van der Waals surface area contributed by atoms with E-state index in [1.807, 2.05) is 11.7 Å². The summed E-state index contributed by atoms with van der Waals surface area (Å²) < 4.78 is 1.72. The lowest BCUT2D eigenvalue weighted by Crippen LogP contribution is -2.37. The third-order valence-electron chi connectivity index (χ3n) is 2.92. The van der Waals surface area contributed by atoms with Crippen molar-refractivity contribution in [3.05, 3.63) is 20.2 Å². The molecule has 2 rings (SSSR count). The van der Waals surface area contributed by atoms with Crippen molar-refractivity contribution >= 4 is 24.9 Å². The fraction of sp³-hybridized carbons (Fsp3) is 0.600. The zero-order valence-electron chi connectivity index (χ0n) is 9.76. The van der Waals surface area contributed by atoms with Crippen LogP contribution in [0.15, 0.2) is 4.79 Å². The Balaban J connectivity index is 2.36. The Hall–Kier alpha value is -0.915. The molecule has 1 unspecified atom stereocenters. The first-order valence-corrected chi connectivity index (χ1v) is 6.55. The van der Waals surface area contributed by atoms with Crippen LogP contribution in [0.2, 0.25) is 0 Å². The molecule has 1 aromatic rings. The summed E-state index contributed by atoms with van der Waals surface area (Å²) in [5, 5.41) is 9.96. The highest BCUT2D eigenvalue weighted by Gasteiger charge is 2.28. The summed E-state index contributed by atoms with van der Waals surface area (Å²) in [5.74, 6) is 0. The molecule has 1 aliphatic heterocycles. The monoisotopic (exact) mass is 254 g/mol. The van der Waals surface area contributed by atoms with Crippen LogP contribution in [-0.2, 0) is 17.9 Å². The lowest BCUT2D eigenvalue weighted by atomic mass is 9.91.